The van der Waals surface area contributed by atoms with Gasteiger partial charge in [0, 0.05) is 33.1 Å². The molecule has 0 spiro atoms. The number of rotatable bonds is 5. The Morgan fingerprint density at radius 1 is 1.10 bits per heavy atom. The zero-order valence-electron chi connectivity index (χ0n) is 10.4. The smallest absolute Gasteiger partial charge is 0.0458 e. The van der Waals surface area contributed by atoms with E-state index in [1.807, 2.05) is 24.3 Å². The van der Waals surface area contributed by atoms with Crippen LogP contribution in [0.25, 0.3) is 0 Å². The standard InChI is InChI=1S/C15H12Cl2O2S/c16-12-5-6-13(17)11(7-12)9-20-14-4-2-1-3-10(14)8-15(18)19/h1-7H,8-9H2,(H,18,19)/p-1. The monoisotopic (exact) mass is 325 g/mol. The van der Waals surface area contributed by atoms with Crippen molar-refractivity contribution in [3.63, 3.8) is 0 Å². The second kappa shape index (κ2) is 7.02. The predicted octanol–water partition coefficient (Wildman–Crippen LogP) is 3.58. The molecule has 104 valence electrons. The number of hydrogen-bond acceptors (Lipinski definition) is 3. The van der Waals surface area contributed by atoms with Crippen LogP contribution >= 0.6 is 35.0 Å². The third-order valence-corrected chi connectivity index (χ3v) is 4.47. The molecule has 0 aliphatic rings. The van der Waals surface area contributed by atoms with Crippen molar-refractivity contribution in [1.29, 1.82) is 0 Å². The summed E-state index contributed by atoms with van der Waals surface area (Å²) in [6.07, 6.45) is -0.0908. The number of hydrogen-bond donors (Lipinski definition) is 0. The molecule has 0 aromatic heterocycles. The van der Waals surface area contributed by atoms with Crippen LogP contribution in [0.2, 0.25) is 10.0 Å². The molecule has 5 heteroatoms. The van der Waals surface area contributed by atoms with E-state index in [2.05, 4.69) is 0 Å². The number of thioether (sulfide) groups is 1. The highest BCUT2D eigenvalue weighted by Crippen LogP contribution is 2.30. The number of carbonyl (C=O) groups is 1. The van der Waals surface area contributed by atoms with E-state index < -0.39 is 5.97 Å². The summed E-state index contributed by atoms with van der Waals surface area (Å²) in [6, 6.07) is 12.7. The van der Waals surface area contributed by atoms with Crippen molar-refractivity contribution in [3.05, 3.63) is 63.6 Å². The minimum absolute atomic E-state index is 0.0908. The Hall–Kier alpha value is -1.16. The summed E-state index contributed by atoms with van der Waals surface area (Å²) in [5.41, 5.74) is 1.67. The van der Waals surface area contributed by atoms with E-state index in [1.54, 1.807) is 18.2 Å². The highest BCUT2D eigenvalue weighted by atomic mass is 35.5. The average molecular weight is 326 g/mol. The van der Waals surface area contributed by atoms with Crippen LogP contribution < -0.4 is 5.11 Å². The van der Waals surface area contributed by atoms with Gasteiger partial charge in [-0.05, 0) is 35.4 Å². The van der Waals surface area contributed by atoms with Crippen molar-refractivity contribution < 1.29 is 9.90 Å². The zero-order valence-corrected chi connectivity index (χ0v) is 12.8. The topological polar surface area (TPSA) is 40.1 Å². The number of aliphatic carboxylic acids is 1. The first-order valence-electron chi connectivity index (χ1n) is 5.91. The predicted molar refractivity (Wildman–Crippen MR) is 81.2 cm³/mol. The van der Waals surface area contributed by atoms with Gasteiger partial charge in [-0.1, -0.05) is 41.4 Å². The van der Waals surface area contributed by atoms with E-state index >= 15 is 0 Å². The van der Waals surface area contributed by atoms with Gasteiger partial charge in [-0.25, -0.2) is 0 Å². The van der Waals surface area contributed by atoms with E-state index in [1.165, 1.54) is 11.8 Å². The molecule has 2 aromatic carbocycles. The summed E-state index contributed by atoms with van der Waals surface area (Å²) in [6.45, 7) is 0. The highest BCUT2D eigenvalue weighted by Gasteiger charge is 2.06. The van der Waals surface area contributed by atoms with E-state index in [4.69, 9.17) is 23.2 Å². The van der Waals surface area contributed by atoms with Gasteiger partial charge in [0.15, 0.2) is 0 Å². The molecular weight excluding hydrogens is 315 g/mol. The molecule has 0 N–H and O–H groups in total. The lowest BCUT2D eigenvalue weighted by molar-refractivity contribution is -0.304. The molecule has 0 unspecified atom stereocenters. The quantitative estimate of drug-likeness (QED) is 0.789. The Morgan fingerprint density at radius 3 is 2.60 bits per heavy atom. The van der Waals surface area contributed by atoms with E-state index in [-0.39, 0.29) is 6.42 Å². The second-order valence-corrected chi connectivity index (χ2v) is 6.04. The minimum atomic E-state index is -1.08. The molecule has 0 radical (unpaired) electrons. The molecular formula is C15H11Cl2O2S-. The number of benzene rings is 2. The summed E-state index contributed by atoms with van der Waals surface area (Å²) in [7, 11) is 0. The third kappa shape index (κ3) is 4.17. The summed E-state index contributed by atoms with van der Waals surface area (Å²) < 4.78 is 0. The molecule has 0 heterocycles. The maximum Gasteiger partial charge on any atom is 0.0458 e. The van der Waals surface area contributed by atoms with Gasteiger partial charge in [-0.2, -0.15) is 0 Å². The lowest BCUT2D eigenvalue weighted by atomic mass is 10.1. The maximum absolute atomic E-state index is 10.7. The van der Waals surface area contributed by atoms with Crippen molar-refractivity contribution in [2.45, 2.75) is 17.1 Å². The third-order valence-electron chi connectivity index (χ3n) is 2.70. The van der Waals surface area contributed by atoms with Gasteiger partial charge >= 0.3 is 0 Å². The SMILES string of the molecule is O=C([O-])Cc1ccccc1SCc1cc(Cl)ccc1Cl. The van der Waals surface area contributed by atoms with Gasteiger partial charge in [-0.3, -0.25) is 0 Å². The Morgan fingerprint density at radius 2 is 1.85 bits per heavy atom. The summed E-state index contributed by atoms with van der Waals surface area (Å²) in [4.78, 5) is 11.6. The summed E-state index contributed by atoms with van der Waals surface area (Å²) in [5, 5.41) is 12.0. The van der Waals surface area contributed by atoms with E-state index in [9.17, 15) is 9.90 Å². The van der Waals surface area contributed by atoms with Crippen LogP contribution in [-0.4, -0.2) is 5.97 Å². The minimum Gasteiger partial charge on any atom is -0.550 e. The normalized spacial score (nSPS) is 10.5. The first kappa shape index (κ1) is 15.2. The number of carboxylic acids is 1. The van der Waals surface area contributed by atoms with Crippen molar-refractivity contribution in [1.82, 2.24) is 0 Å². The number of halogens is 2. The molecule has 0 fully saturated rings. The van der Waals surface area contributed by atoms with Gasteiger partial charge in [0.1, 0.15) is 0 Å². The number of carbonyl (C=O) groups excluding carboxylic acids is 1. The fraction of sp³-hybridized carbons (Fsp3) is 0.133. The number of carboxylic acid groups (broad SMARTS) is 1. The molecule has 0 aliphatic heterocycles. The van der Waals surface area contributed by atoms with Gasteiger partial charge in [0.05, 0.1) is 0 Å². The van der Waals surface area contributed by atoms with Gasteiger partial charge < -0.3 is 9.90 Å². The Bertz CT molecular complexity index is 629. The summed E-state index contributed by atoms with van der Waals surface area (Å²) in [5.74, 6) is -0.456. The molecule has 0 aliphatic carbocycles. The van der Waals surface area contributed by atoms with Crippen LogP contribution in [0.3, 0.4) is 0 Å². The molecule has 0 saturated heterocycles. The van der Waals surface area contributed by atoms with Crippen molar-refractivity contribution in [2.24, 2.45) is 0 Å². The van der Waals surface area contributed by atoms with Crippen LogP contribution in [0.15, 0.2) is 47.4 Å². The molecule has 2 nitrogen and oxygen atoms in total. The zero-order chi connectivity index (χ0) is 14.5. The second-order valence-electron chi connectivity index (χ2n) is 4.18. The first-order valence-corrected chi connectivity index (χ1v) is 7.65. The molecule has 2 rings (SSSR count). The van der Waals surface area contributed by atoms with E-state index in [0.29, 0.717) is 15.8 Å². The Balaban J connectivity index is 2.14. The molecule has 0 amide bonds. The fourth-order valence-electron chi connectivity index (χ4n) is 1.76. The average Bonchev–Trinajstić information content (AvgIpc) is 2.41. The van der Waals surface area contributed by atoms with E-state index in [0.717, 1.165) is 16.0 Å². The molecule has 0 saturated carbocycles. The Labute approximate surface area is 131 Å². The largest absolute Gasteiger partial charge is 0.550 e. The summed E-state index contributed by atoms with van der Waals surface area (Å²) >= 11 is 13.6. The van der Waals surface area contributed by atoms with Crippen molar-refractivity contribution >= 4 is 40.9 Å². The molecule has 20 heavy (non-hydrogen) atoms. The Kier molecular flexibility index (Phi) is 5.35. The van der Waals surface area contributed by atoms with Crippen LogP contribution in [0.1, 0.15) is 11.1 Å². The van der Waals surface area contributed by atoms with Crippen molar-refractivity contribution in [2.75, 3.05) is 0 Å². The molecule has 2 aromatic rings. The van der Waals surface area contributed by atoms with Crippen LogP contribution in [0.4, 0.5) is 0 Å². The molecule has 0 atom stereocenters. The van der Waals surface area contributed by atoms with Crippen LogP contribution in [0.5, 0.6) is 0 Å². The highest BCUT2D eigenvalue weighted by molar-refractivity contribution is 7.98. The van der Waals surface area contributed by atoms with Gasteiger partial charge in [0.2, 0.25) is 0 Å². The van der Waals surface area contributed by atoms with Gasteiger partial charge in [0.25, 0.3) is 0 Å². The lowest BCUT2D eigenvalue weighted by Gasteiger charge is -2.10. The van der Waals surface area contributed by atoms with Crippen molar-refractivity contribution in [3.8, 4) is 0 Å². The first-order chi connectivity index (χ1) is 9.56. The fourth-order valence-corrected chi connectivity index (χ4v) is 3.26. The molecule has 0 bridgehead atoms. The lowest BCUT2D eigenvalue weighted by Crippen LogP contribution is -2.24. The van der Waals surface area contributed by atoms with Crippen LogP contribution in [-0.2, 0) is 17.0 Å². The van der Waals surface area contributed by atoms with Crippen LogP contribution in [0, 0.1) is 0 Å². The maximum atomic E-state index is 10.7. The van der Waals surface area contributed by atoms with Gasteiger partial charge in [-0.15, -0.1) is 11.8 Å².